The van der Waals surface area contributed by atoms with Gasteiger partial charge in [0, 0.05) is 35.9 Å². The zero-order valence-corrected chi connectivity index (χ0v) is 15.5. The number of thioether (sulfide) groups is 1. The van der Waals surface area contributed by atoms with Crippen LogP contribution in [0, 0.1) is 13.8 Å². The van der Waals surface area contributed by atoms with Gasteiger partial charge in [0.15, 0.2) is 5.17 Å². The Morgan fingerprint density at radius 3 is 2.79 bits per heavy atom. The number of fused-ring (bicyclic) bond motifs is 1. The zero-order chi connectivity index (χ0) is 16.8. The number of hydrogen-bond donors (Lipinski definition) is 0. The third kappa shape index (κ3) is 2.37. The van der Waals surface area contributed by atoms with Gasteiger partial charge in [-0.05, 0) is 44.5 Å². The highest BCUT2D eigenvalue weighted by molar-refractivity contribution is 8.14. The molecule has 4 rings (SSSR count). The normalized spacial score (nSPS) is 25.9. The van der Waals surface area contributed by atoms with Crippen LogP contribution in [-0.2, 0) is 6.54 Å². The quantitative estimate of drug-likeness (QED) is 0.843. The highest BCUT2D eigenvalue weighted by Crippen LogP contribution is 2.48. The van der Waals surface area contributed by atoms with Crippen molar-refractivity contribution in [2.45, 2.75) is 51.6 Å². The van der Waals surface area contributed by atoms with Crippen molar-refractivity contribution in [2.24, 2.45) is 4.99 Å². The number of amidine groups is 1. The van der Waals surface area contributed by atoms with Crippen LogP contribution >= 0.6 is 11.8 Å². The van der Waals surface area contributed by atoms with Gasteiger partial charge >= 0.3 is 0 Å². The summed E-state index contributed by atoms with van der Waals surface area (Å²) in [6.07, 6.45) is 1.88. The Hall–Kier alpha value is -1.75. The highest BCUT2D eigenvalue weighted by Gasteiger charge is 2.44. The molecule has 3 atom stereocenters. The first-order valence-corrected chi connectivity index (χ1v) is 9.56. The van der Waals surface area contributed by atoms with E-state index in [4.69, 9.17) is 4.99 Å². The van der Waals surface area contributed by atoms with Gasteiger partial charge in [-0.3, -0.25) is 9.98 Å². The predicted molar refractivity (Wildman–Crippen MR) is 100 cm³/mol. The Morgan fingerprint density at radius 1 is 1.29 bits per heavy atom. The summed E-state index contributed by atoms with van der Waals surface area (Å²) in [5, 5.41) is 1.79. The number of aryl methyl sites for hydroxylation is 1. The van der Waals surface area contributed by atoms with Crippen LogP contribution in [0.1, 0.15) is 48.6 Å². The van der Waals surface area contributed by atoms with Gasteiger partial charge in [-0.2, -0.15) is 0 Å². The highest BCUT2D eigenvalue weighted by atomic mass is 32.2. The molecule has 4 nitrogen and oxygen atoms in total. The Bertz CT molecular complexity index is 780. The van der Waals surface area contributed by atoms with Crippen LogP contribution in [0.15, 0.2) is 35.5 Å². The van der Waals surface area contributed by atoms with Crippen molar-refractivity contribution in [3.05, 3.63) is 53.1 Å². The average molecular weight is 340 g/mol. The van der Waals surface area contributed by atoms with Gasteiger partial charge in [0.1, 0.15) is 6.04 Å². The van der Waals surface area contributed by atoms with Crippen molar-refractivity contribution in [3.63, 3.8) is 0 Å². The minimum absolute atomic E-state index is 0.0898. The number of rotatable bonds is 3. The van der Waals surface area contributed by atoms with Crippen molar-refractivity contribution >= 4 is 16.9 Å². The Kier molecular flexibility index (Phi) is 3.91. The number of hydrogen-bond acceptors (Lipinski definition) is 4. The molecule has 24 heavy (non-hydrogen) atoms. The smallest absolute Gasteiger partial charge is 0.160 e. The summed E-state index contributed by atoms with van der Waals surface area (Å²) in [6, 6.07) is 8.85. The van der Waals surface area contributed by atoms with Crippen molar-refractivity contribution in [2.75, 3.05) is 6.54 Å². The summed E-state index contributed by atoms with van der Waals surface area (Å²) >= 11 is 1.90. The first-order valence-electron chi connectivity index (χ1n) is 8.68. The average Bonchev–Trinajstić information content (AvgIpc) is 3.18. The van der Waals surface area contributed by atoms with Gasteiger partial charge in [-0.15, -0.1) is 0 Å². The molecule has 2 aliphatic rings. The third-order valence-electron chi connectivity index (χ3n) is 5.13. The molecule has 126 valence electrons. The fourth-order valence-corrected chi connectivity index (χ4v) is 5.16. The Labute approximate surface area is 148 Å². The molecule has 0 aromatic carbocycles. The molecule has 1 saturated heterocycles. The molecule has 0 amide bonds. The van der Waals surface area contributed by atoms with Crippen LogP contribution in [0.4, 0.5) is 0 Å². The number of pyridine rings is 1. The van der Waals surface area contributed by atoms with E-state index in [9.17, 15) is 0 Å². The second kappa shape index (κ2) is 5.96. The monoisotopic (exact) mass is 340 g/mol. The summed E-state index contributed by atoms with van der Waals surface area (Å²) in [5.74, 6) is 0. The first-order chi connectivity index (χ1) is 11.6. The molecule has 4 heterocycles. The molecular formula is C19H24N4S. The summed E-state index contributed by atoms with van der Waals surface area (Å²) in [6.45, 7) is 11.0. The van der Waals surface area contributed by atoms with Gasteiger partial charge in [-0.1, -0.05) is 24.8 Å². The predicted octanol–water partition coefficient (Wildman–Crippen LogP) is 4.11. The number of nitrogens with zero attached hydrogens (tertiary/aromatic N) is 4. The number of aromatic nitrogens is 2. The molecule has 0 N–H and O–H groups in total. The second-order valence-electron chi connectivity index (χ2n) is 6.71. The van der Waals surface area contributed by atoms with E-state index in [0.29, 0.717) is 5.25 Å². The fraction of sp³-hybridized carbons (Fsp3) is 0.474. The van der Waals surface area contributed by atoms with E-state index in [0.717, 1.165) is 18.8 Å². The molecule has 0 saturated carbocycles. The lowest BCUT2D eigenvalue weighted by Crippen LogP contribution is -2.28. The van der Waals surface area contributed by atoms with E-state index in [1.807, 2.05) is 24.0 Å². The van der Waals surface area contributed by atoms with Gasteiger partial charge in [0.2, 0.25) is 0 Å². The number of aliphatic imine (C=N–C) groups is 1. The third-order valence-corrected chi connectivity index (χ3v) is 6.23. The van der Waals surface area contributed by atoms with Crippen LogP contribution in [0.25, 0.3) is 0 Å². The van der Waals surface area contributed by atoms with E-state index in [1.54, 1.807) is 0 Å². The summed E-state index contributed by atoms with van der Waals surface area (Å²) in [4.78, 5) is 12.2. The standard InChI is InChI=1S/C19H24N4S/c1-5-22-12(2)10-15(14(22)4)18-17(16-8-6-7-9-20-16)21-19-23(18)11-13(3)24-19/h6-10,13,17-18H,5,11H2,1-4H3/t13-,17+,18-/m1/s1. The van der Waals surface area contributed by atoms with Gasteiger partial charge in [0.05, 0.1) is 11.7 Å². The topological polar surface area (TPSA) is 33.4 Å². The Morgan fingerprint density at radius 2 is 2.12 bits per heavy atom. The largest absolute Gasteiger partial charge is 0.349 e. The van der Waals surface area contributed by atoms with E-state index < -0.39 is 0 Å². The zero-order valence-electron chi connectivity index (χ0n) is 14.7. The van der Waals surface area contributed by atoms with Crippen molar-refractivity contribution < 1.29 is 0 Å². The van der Waals surface area contributed by atoms with Crippen molar-refractivity contribution in [3.8, 4) is 0 Å². The van der Waals surface area contributed by atoms with Crippen LogP contribution in [0.2, 0.25) is 0 Å². The summed E-state index contributed by atoms with van der Waals surface area (Å²) in [5.41, 5.74) is 5.16. The van der Waals surface area contributed by atoms with Crippen molar-refractivity contribution in [1.82, 2.24) is 14.5 Å². The fourth-order valence-electron chi connectivity index (χ4n) is 4.07. The van der Waals surface area contributed by atoms with E-state index >= 15 is 0 Å². The van der Waals surface area contributed by atoms with E-state index in [-0.39, 0.29) is 12.1 Å². The van der Waals surface area contributed by atoms with Crippen LogP contribution in [-0.4, -0.2) is 31.4 Å². The van der Waals surface area contributed by atoms with Crippen LogP contribution < -0.4 is 0 Å². The molecule has 2 aromatic heterocycles. The molecule has 0 aliphatic carbocycles. The summed E-state index contributed by atoms with van der Waals surface area (Å²) < 4.78 is 2.40. The van der Waals surface area contributed by atoms with Gasteiger partial charge in [-0.25, -0.2) is 0 Å². The molecular weight excluding hydrogens is 316 g/mol. The maximum absolute atomic E-state index is 5.07. The summed E-state index contributed by atoms with van der Waals surface area (Å²) in [7, 11) is 0. The van der Waals surface area contributed by atoms with Gasteiger partial charge in [0.25, 0.3) is 0 Å². The second-order valence-corrected chi connectivity index (χ2v) is 8.11. The molecule has 0 spiro atoms. The Balaban J connectivity index is 1.81. The lowest BCUT2D eigenvalue weighted by atomic mass is 9.96. The van der Waals surface area contributed by atoms with Crippen LogP contribution in [0.3, 0.4) is 0 Å². The molecule has 5 heteroatoms. The van der Waals surface area contributed by atoms with Gasteiger partial charge < -0.3 is 9.47 Å². The lowest BCUT2D eigenvalue weighted by molar-refractivity contribution is 0.320. The molecule has 0 unspecified atom stereocenters. The SMILES string of the molecule is CCn1c(C)cc([C@@H]2[C@H](c3ccccn3)N=C3S[C@H](C)CN32)c1C. The molecule has 1 fully saturated rings. The molecule has 0 bridgehead atoms. The minimum Gasteiger partial charge on any atom is -0.349 e. The van der Waals surface area contributed by atoms with E-state index in [2.05, 4.69) is 60.3 Å². The van der Waals surface area contributed by atoms with E-state index in [1.165, 1.54) is 22.1 Å². The van der Waals surface area contributed by atoms with Crippen LogP contribution in [0.5, 0.6) is 0 Å². The molecule has 0 radical (unpaired) electrons. The van der Waals surface area contributed by atoms with Crippen molar-refractivity contribution in [1.29, 1.82) is 0 Å². The lowest BCUT2D eigenvalue weighted by Gasteiger charge is -2.27. The maximum Gasteiger partial charge on any atom is 0.160 e. The maximum atomic E-state index is 5.07. The minimum atomic E-state index is 0.0898. The molecule has 2 aliphatic heterocycles. The molecule has 2 aromatic rings. The first kappa shape index (κ1) is 15.8.